The van der Waals surface area contributed by atoms with Gasteiger partial charge in [-0.1, -0.05) is 18.9 Å². The van der Waals surface area contributed by atoms with Crippen LogP contribution in [-0.4, -0.2) is 21.0 Å². The van der Waals surface area contributed by atoms with Gasteiger partial charge in [-0.25, -0.2) is 9.97 Å². The maximum Gasteiger partial charge on any atom is 0.129 e. The molecule has 0 radical (unpaired) electrons. The molecule has 2 heterocycles. The third kappa shape index (κ3) is 5.57. The summed E-state index contributed by atoms with van der Waals surface area (Å²) in [6.07, 6.45) is 10.4. The van der Waals surface area contributed by atoms with Crippen molar-refractivity contribution in [1.29, 1.82) is 5.26 Å². The quantitative estimate of drug-likeness (QED) is 0.936. The zero-order chi connectivity index (χ0) is 14.8. The van der Waals surface area contributed by atoms with Crippen LogP contribution in [0, 0.1) is 11.3 Å². The maximum absolute atomic E-state index is 8.56. The van der Waals surface area contributed by atoms with Crippen LogP contribution in [0.25, 0.3) is 0 Å². The molecule has 0 aliphatic heterocycles. The van der Waals surface area contributed by atoms with Crippen LogP contribution in [0.2, 0.25) is 0 Å². The highest BCUT2D eigenvalue weighted by atomic mass is 15.0. The molecule has 0 bridgehead atoms. The van der Waals surface area contributed by atoms with Crippen LogP contribution >= 0.6 is 0 Å². The fourth-order valence-corrected chi connectivity index (χ4v) is 2.25. The molecule has 2 aromatic rings. The molecule has 1 aliphatic carbocycles. The molecule has 0 amide bonds. The van der Waals surface area contributed by atoms with E-state index < -0.39 is 0 Å². The minimum Gasteiger partial charge on any atom is -0.367 e. The van der Waals surface area contributed by atoms with Gasteiger partial charge in [0, 0.05) is 24.5 Å². The molecule has 5 heteroatoms. The summed E-state index contributed by atoms with van der Waals surface area (Å²) in [5.74, 6) is 0.849. The highest BCUT2D eigenvalue weighted by molar-refractivity contribution is 5.36. The van der Waals surface area contributed by atoms with Crippen molar-refractivity contribution in [3.05, 3.63) is 48.7 Å². The molecular weight excluding hydrogens is 262 g/mol. The van der Waals surface area contributed by atoms with Crippen LogP contribution in [0.3, 0.4) is 0 Å². The molecule has 108 valence electrons. The molecule has 0 unspecified atom stereocenters. The van der Waals surface area contributed by atoms with Crippen molar-refractivity contribution in [2.45, 2.75) is 38.1 Å². The van der Waals surface area contributed by atoms with E-state index in [1.807, 2.05) is 24.3 Å². The van der Waals surface area contributed by atoms with Gasteiger partial charge in [-0.3, -0.25) is 4.98 Å². The fourth-order valence-electron chi connectivity index (χ4n) is 2.25. The second-order valence-electron chi connectivity index (χ2n) is 4.88. The van der Waals surface area contributed by atoms with Gasteiger partial charge in [0.15, 0.2) is 0 Å². The number of nitrogens with one attached hydrogen (secondary N) is 1. The number of pyridine rings is 1. The van der Waals surface area contributed by atoms with Crippen LogP contribution in [0.1, 0.15) is 31.4 Å². The SMILES string of the molecule is N#CCc1cc(NC2CCCC2)ncn1.c1ccncc1. The van der Waals surface area contributed by atoms with E-state index in [0.29, 0.717) is 12.5 Å². The summed E-state index contributed by atoms with van der Waals surface area (Å²) in [7, 11) is 0. The van der Waals surface area contributed by atoms with Crippen LogP contribution in [-0.2, 0) is 6.42 Å². The highest BCUT2D eigenvalue weighted by Gasteiger charge is 2.14. The standard InChI is InChI=1S/C11H14N4.C5H5N/c12-6-5-10-7-11(14-8-13-10)15-9-3-1-2-4-9;1-2-4-6-5-3-1/h7-9H,1-5H2,(H,13,14,15);1-5H. The van der Waals surface area contributed by atoms with Crippen LogP contribution in [0.15, 0.2) is 43.0 Å². The van der Waals surface area contributed by atoms with Crippen LogP contribution in [0.4, 0.5) is 5.82 Å². The maximum atomic E-state index is 8.56. The van der Waals surface area contributed by atoms with Gasteiger partial charge < -0.3 is 5.32 Å². The molecule has 21 heavy (non-hydrogen) atoms. The number of nitriles is 1. The minimum atomic E-state index is 0.349. The lowest BCUT2D eigenvalue weighted by Crippen LogP contribution is -2.15. The number of hydrogen-bond acceptors (Lipinski definition) is 5. The smallest absolute Gasteiger partial charge is 0.129 e. The van der Waals surface area contributed by atoms with E-state index in [4.69, 9.17) is 5.26 Å². The van der Waals surface area contributed by atoms with Gasteiger partial charge in [0.25, 0.3) is 0 Å². The lowest BCUT2D eigenvalue weighted by Gasteiger charge is -2.12. The second-order valence-corrected chi connectivity index (χ2v) is 4.88. The molecule has 0 spiro atoms. The number of hydrogen-bond donors (Lipinski definition) is 1. The van der Waals surface area contributed by atoms with E-state index in [9.17, 15) is 0 Å². The van der Waals surface area contributed by atoms with E-state index in [2.05, 4.69) is 26.3 Å². The number of aromatic nitrogens is 3. The molecule has 1 aliphatic rings. The average Bonchev–Trinajstić information content (AvgIpc) is 3.03. The van der Waals surface area contributed by atoms with Crippen molar-refractivity contribution in [2.75, 3.05) is 5.32 Å². The normalized spacial score (nSPS) is 13.9. The summed E-state index contributed by atoms with van der Waals surface area (Å²) in [6.45, 7) is 0. The van der Waals surface area contributed by atoms with Gasteiger partial charge in [0.2, 0.25) is 0 Å². The predicted octanol–water partition coefficient (Wildman–Crippen LogP) is 2.98. The van der Waals surface area contributed by atoms with E-state index >= 15 is 0 Å². The Labute approximate surface area is 125 Å². The van der Waals surface area contributed by atoms with Gasteiger partial charge in [0.1, 0.15) is 12.1 Å². The number of nitrogens with zero attached hydrogens (tertiary/aromatic N) is 4. The lowest BCUT2D eigenvalue weighted by atomic mass is 10.2. The van der Waals surface area contributed by atoms with Gasteiger partial charge in [-0.05, 0) is 25.0 Å². The summed E-state index contributed by atoms with van der Waals surface area (Å²) in [4.78, 5) is 12.0. The molecule has 1 N–H and O–H groups in total. The minimum absolute atomic E-state index is 0.349. The monoisotopic (exact) mass is 281 g/mol. The van der Waals surface area contributed by atoms with Gasteiger partial charge >= 0.3 is 0 Å². The van der Waals surface area contributed by atoms with Crippen molar-refractivity contribution >= 4 is 5.82 Å². The average molecular weight is 281 g/mol. The summed E-state index contributed by atoms with van der Waals surface area (Å²) < 4.78 is 0. The molecule has 3 rings (SSSR count). The summed E-state index contributed by atoms with van der Waals surface area (Å²) in [5, 5.41) is 11.9. The van der Waals surface area contributed by atoms with E-state index in [1.165, 1.54) is 32.0 Å². The first-order chi connectivity index (χ1) is 10.4. The Balaban J connectivity index is 0.000000225. The largest absolute Gasteiger partial charge is 0.367 e. The predicted molar refractivity (Wildman–Crippen MR) is 81.5 cm³/mol. The number of anilines is 1. The Bertz CT molecular complexity index is 532. The molecule has 0 aromatic carbocycles. The molecule has 0 atom stereocenters. The van der Waals surface area contributed by atoms with Crippen molar-refractivity contribution in [2.24, 2.45) is 0 Å². The number of rotatable bonds is 3. The Kier molecular flexibility index (Phi) is 6.14. The lowest BCUT2D eigenvalue weighted by molar-refractivity contribution is 0.749. The molecule has 0 saturated heterocycles. The summed E-state index contributed by atoms with van der Waals surface area (Å²) in [6, 6.07) is 10.2. The highest BCUT2D eigenvalue weighted by Crippen LogP contribution is 2.21. The van der Waals surface area contributed by atoms with Crippen molar-refractivity contribution < 1.29 is 0 Å². The van der Waals surface area contributed by atoms with Gasteiger partial charge in [0.05, 0.1) is 18.2 Å². The molecule has 2 aromatic heterocycles. The first-order valence-electron chi connectivity index (χ1n) is 7.18. The Morgan fingerprint density at radius 3 is 2.48 bits per heavy atom. The third-order valence-electron chi connectivity index (χ3n) is 3.26. The van der Waals surface area contributed by atoms with Crippen molar-refractivity contribution in [1.82, 2.24) is 15.0 Å². The molecule has 1 fully saturated rings. The van der Waals surface area contributed by atoms with Crippen LogP contribution in [0.5, 0.6) is 0 Å². The third-order valence-corrected chi connectivity index (χ3v) is 3.26. The van der Waals surface area contributed by atoms with Gasteiger partial charge in [-0.2, -0.15) is 5.26 Å². The fraction of sp³-hybridized carbons (Fsp3) is 0.375. The van der Waals surface area contributed by atoms with Crippen molar-refractivity contribution in [3.8, 4) is 6.07 Å². The molecule has 5 nitrogen and oxygen atoms in total. The summed E-state index contributed by atoms with van der Waals surface area (Å²) in [5.41, 5.74) is 0.785. The molecular formula is C16H19N5. The Morgan fingerprint density at radius 2 is 1.90 bits per heavy atom. The van der Waals surface area contributed by atoms with Crippen molar-refractivity contribution in [3.63, 3.8) is 0 Å². The topological polar surface area (TPSA) is 74.5 Å². The first-order valence-corrected chi connectivity index (χ1v) is 7.18. The van der Waals surface area contributed by atoms with E-state index in [1.54, 1.807) is 12.4 Å². The second kappa shape index (κ2) is 8.64. The van der Waals surface area contributed by atoms with E-state index in [-0.39, 0.29) is 0 Å². The van der Waals surface area contributed by atoms with E-state index in [0.717, 1.165) is 11.5 Å². The summed E-state index contributed by atoms with van der Waals surface area (Å²) >= 11 is 0. The van der Waals surface area contributed by atoms with Gasteiger partial charge in [-0.15, -0.1) is 0 Å². The Hall–Kier alpha value is -2.48. The zero-order valence-corrected chi connectivity index (χ0v) is 11.9. The first kappa shape index (κ1) is 14.9. The Morgan fingerprint density at radius 1 is 1.14 bits per heavy atom. The van der Waals surface area contributed by atoms with Crippen LogP contribution < -0.4 is 5.32 Å². The molecule has 1 saturated carbocycles. The zero-order valence-electron chi connectivity index (χ0n) is 11.9.